The van der Waals surface area contributed by atoms with Crippen LogP contribution in [0.5, 0.6) is 5.75 Å². The minimum atomic E-state index is -1.46. The fraction of sp³-hybridized carbons (Fsp3) is 0.214. The van der Waals surface area contributed by atoms with Crippen LogP contribution < -0.4 is 5.43 Å². The number of hydrogen-bond donors (Lipinski definition) is 2. The Hall–Kier alpha value is -2.63. The number of aromatic carboxylic acids is 1. The molecule has 0 unspecified atom stereocenters. The van der Waals surface area contributed by atoms with E-state index in [0.717, 1.165) is 25.5 Å². The number of aryl methyl sites for hydroxylation is 2. The first-order valence-corrected chi connectivity index (χ1v) is 6.24. The number of carboxylic acid groups (broad SMARTS) is 1. The summed E-state index contributed by atoms with van der Waals surface area (Å²) in [7, 11) is 0. The Labute approximate surface area is 113 Å². The average molecular weight is 272 g/mol. The van der Waals surface area contributed by atoms with Crippen LogP contribution in [0.1, 0.15) is 28.0 Å². The molecule has 20 heavy (non-hydrogen) atoms. The quantitative estimate of drug-likeness (QED) is 0.854. The average Bonchev–Trinajstić information content (AvgIpc) is 2.88. The first-order valence-electron chi connectivity index (χ1n) is 6.24. The van der Waals surface area contributed by atoms with Gasteiger partial charge in [0.2, 0.25) is 5.69 Å². The molecule has 6 heteroatoms. The molecule has 0 atom stereocenters. The lowest BCUT2D eigenvalue weighted by molar-refractivity contribution is 0.0686. The van der Waals surface area contributed by atoms with Crippen LogP contribution in [0.25, 0.3) is 5.69 Å². The van der Waals surface area contributed by atoms with Crippen molar-refractivity contribution in [1.82, 2.24) is 9.78 Å². The van der Waals surface area contributed by atoms with Gasteiger partial charge >= 0.3 is 5.97 Å². The summed E-state index contributed by atoms with van der Waals surface area (Å²) >= 11 is 0. The molecular formula is C14H12N2O4. The lowest BCUT2D eigenvalue weighted by atomic mass is 10.1. The summed E-state index contributed by atoms with van der Waals surface area (Å²) < 4.78 is 1.22. The molecule has 0 bridgehead atoms. The van der Waals surface area contributed by atoms with Crippen molar-refractivity contribution in [3.63, 3.8) is 0 Å². The Morgan fingerprint density at radius 1 is 1.25 bits per heavy atom. The van der Waals surface area contributed by atoms with Crippen LogP contribution in [-0.2, 0) is 12.8 Å². The molecule has 1 aliphatic carbocycles. The van der Waals surface area contributed by atoms with E-state index in [2.05, 4.69) is 5.10 Å². The first-order chi connectivity index (χ1) is 9.56. The Kier molecular flexibility index (Phi) is 2.78. The van der Waals surface area contributed by atoms with Crippen molar-refractivity contribution in [2.45, 2.75) is 19.3 Å². The summed E-state index contributed by atoms with van der Waals surface area (Å²) in [6.45, 7) is 0. The number of hydrogen-bond acceptors (Lipinski definition) is 4. The summed E-state index contributed by atoms with van der Waals surface area (Å²) in [5.74, 6) is -2.08. The van der Waals surface area contributed by atoms with Gasteiger partial charge in [-0.05, 0) is 42.5 Å². The fourth-order valence-electron chi connectivity index (χ4n) is 2.45. The maximum absolute atomic E-state index is 11.5. The van der Waals surface area contributed by atoms with Crippen LogP contribution in [-0.4, -0.2) is 26.0 Å². The number of aromatic nitrogens is 2. The molecule has 1 heterocycles. The van der Waals surface area contributed by atoms with Gasteiger partial charge in [0.15, 0.2) is 5.75 Å². The molecule has 2 aromatic rings. The lowest BCUT2D eigenvalue weighted by Gasteiger charge is -2.09. The van der Waals surface area contributed by atoms with Crippen molar-refractivity contribution >= 4 is 5.97 Å². The van der Waals surface area contributed by atoms with Gasteiger partial charge in [-0.15, -0.1) is 0 Å². The van der Waals surface area contributed by atoms with Crippen LogP contribution in [0.4, 0.5) is 0 Å². The molecule has 0 spiro atoms. The zero-order valence-corrected chi connectivity index (χ0v) is 10.5. The predicted octanol–water partition coefficient (Wildman–Crippen LogP) is 1.12. The van der Waals surface area contributed by atoms with Gasteiger partial charge in [-0.3, -0.25) is 4.79 Å². The van der Waals surface area contributed by atoms with E-state index in [1.165, 1.54) is 15.8 Å². The zero-order valence-electron chi connectivity index (χ0n) is 10.5. The second kappa shape index (κ2) is 4.48. The molecule has 1 aromatic carbocycles. The van der Waals surface area contributed by atoms with E-state index in [1.807, 2.05) is 12.1 Å². The Bertz CT molecular complexity index is 764. The van der Waals surface area contributed by atoms with Gasteiger partial charge in [-0.2, -0.15) is 5.10 Å². The zero-order chi connectivity index (χ0) is 14.3. The van der Waals surface area contributed by atoms with E-state index in [9.17, 15) is 14.7 Å². The Morgan fingerprint density at radius 3 is 2.75 bits per heavy atom. The molecule has 0 saturated carbocycles. The first kappa shape index (κ1) is 12.4. The maximum atomic E-state index is 11.5. The minimum absolute atomic E-state index is 0.627. The van der Waals surface area contributed by atoms with Crippen molar-refractivity contribution < 1.29 is 15.0 Å². The fourth-order valence-corrected chi connectivity index (χ4v) is 2.45. The molecule has 0 fully saturated rings. The minimum Gasteiger partial charge on any atom is -0.503 e. The van der Waals surface area contributed by atoms with E-state index in [4.69, 9.17) is 5.11 Å². The number of carboxylic acids is 1. The van der Waals surface area contributed by atoms with Gasteiger partial charge in [-0.25, -0.2) is 9.48 Å². The van der Waals surface area contributed by atoms with Gasteiger partial charge in [0.1, 0.15) is 0 Å². The number of aromatic hydroxyl groups is 1. The molecule has 0 amide bonds. The summed E-state index contributed by atoms with van der Waals surface area (Å²) in [6, 6.07) is 5.67. The van der Waals surface area contributed by atoms with Crippen molar-refractivity contribution in [3.05, 3.63) is 51.4 Å². The molecule has 3 rings (SSSR count). The highest BCUT2D eigenvalue weighted by Crippen LogP contribution is 2.24. The van der Waals surface area contributed by atoms with Crippen LogP contribution in [0.15, 0.2) is 29.2 Å². The van der Waals surface area contributed by atoms with Crippen molar-refractivity contribution in [1.29, 1.82) is 0 Å². The van der Waals surface area contributed by atoms with E-state index in [0.29, 0.717) is 5.69 Å². The maximum Gasteiger partial charge on any atom is 0.360 e. The standard InChI is InChI=1S/C14H12N2O4/c17-11-7-16(15-12(13(11)18)14(19)20)10-5-4-8-2-1-3-9(8)6-10/h4-7,17H,1-3H2,(H,19,20). The lowest BCUT2D eigenvalue weighted by Crippen LogP contribution is -2.21. The highest BCUT2D eigenvalue weighted by atomic mass is 16.4. The summed E-state index contributed by atoms with van der Waals surface area (Å²) in [5, 5.41) is 22.3. The number of carbonyl (C=O) groups is 1. The third-order valence-electron chi connectivity index (χ3n) is 3.45. The molecule has 2 N–H and O–H groups in total. The van der Waals surface area contributed by atoms with E-state index in [-0.39, 0.29) is 0 Å². The number of fused-ring (bicyclic) bond motifs is 1. The van der Waals surface area contributed by atoms with E-state index >= 15 is 0 Å². The van der Waals surface area contributed by atoms with Gasteiger partial charge in [-0.1, -0.05) is 6.07 Å². The smallest absolute Gasteiger partial charge is 0.360 e. The number of benzene rings is 1. The van der Waals surface area contributed by atoms with Crippen LogP contribution in [0.3, 0.4) is 0 Å². The molecule has 0 radical (unpaired) electrons. The second-order valence-corrected chi connectivity index (χ2v) is 4.75. The third kappa shape index (κ3) is 1.95. The van der Waals surface area contributed by atoms with E-state index in [1.54, 1.807) is 6.07 Å². The highest BCUT2D eigenvalue weighted by molar-refractivity contribution is 5.85. The van der Waals surface area contributed by atoms with Crippen molar-refractivity contribution in [3.8, 4) is 11.4 Å². The second-order valence-electron chi connectivity index (χ2n) is 4.75. The SMILES string of the molecule is O=C(O)c1nn(-c2ccc3c(c2)CCC3)cc(O)c1=O. The molecule has 6 nitrogen and oxygen atoms in total. The van der Waals surface area contributed by atoms with Gasteiger partial charge < -0.3 is 10.2 Å². The number of nitrogens with zero attached hydrogens (tertiary/aromatic N) is 2. The van der Waals surface area contributed by atoms with Crippen LogP contribution in [0.2, 0.25) is 0 Å². The monoisotopic (exact) mass is 272 g/mol. The molecule has 102 valence electrons. The van der Waals surface area contributed by atoms with E-state index < -0.39 is 22.8 Å². The third-order valence-corrected chi connectivity index (χ3v) is 3.45. The largest absolute Gasteiger partial charge is 0.503 e. The molecule has 1 aromatic heterocycles. The molecule has 1 aliphatic rings. The summed E-state index contributed by atoms with van der Waals surface area (Å²) in [4.78, 5) is 22.4. The number of rotatable bonds is 2. The van der Waals surface area contributed by atoms with Crippen molar-refractivity contribution in [2.75, 3.05) is 0 Å². The predicted molar refractivity (Wildman–Crippen MR) is 70.5 cm³/mol. The highest BCUT2D eigenvalue weighted by Gasteiger charge is 2.17. The Morgan fingerprint density at radius 2 is 2.00 bits per heavy atom. The summed E-state index contributed by atoms with van der Waals surface area (Å²) in [6.07, 6.45) is 4.24. The van der Waals surface area contributed by atoms with Crippen LogP contribution in [0, 0.1) is 0 Å². The van der Waals surface area contributed by atoms with Gasteiger partial charge in [0.25, 0.3) is 5.43 Å². The van der Waals surface area contributed by atoms with Gasteiger partial charge in [0.05, 0.1) is 11.9 Å². The van der Waals surface area contributed by atoms with Crippen LogP contribution >= 0.6 is 0 Å². The summed E-state index contributed by atoms with van der Waals surface area (Å²) in [5.41, 5.74) is 1.43. The molecule has 0 aliphatic heterocycles. The van der Waals surface area contributed by atoms with Crippen molar-refractivity contribution in [2.24, 2.45) is 0 Å². The molecule has 0 saturated heterocycles. The Balaban J connectivity index is 2.15. The van der Waals surface area contributed by atoms with Gasteiger partial charge in [0, 0.05) is 0 Å². The topological polar surface area (TPSA) is 92.4 Å². The normalized spacial score (nSPS) is 13.2. The molecular weight excluding hydrogens is 260 g/mol.